The number of piperidine rings is 1. The molecule has 0 unspecified atom stereocenters. The largest absolute Gasteiger partial charge is 0.486 e. The minimum Gasteiger partial charge on any atom is -0.486 e. The molecule has 2 aliphatic rings. The van der Waals surface area contributed by atoms with Gasteiger partial charge in [0.05, 0.1) is 17.6 Å². The van der Waals surface area contributed by atoms with Gasteiger partial charge in [-0.15, -0.1) is 0 Å². The molecule has 1 aromatic heterocycles. The summed E-state index contributed by atoms with van der Waals surface area (Å²) in [5.41, 5.74) is 2.19. The van der Waals surface area contributed by atoms with Gasteiger partial charge in [-0.1, -0.05) is 43.2 Å². The molecule has 2 aromatic carbocycles. The summed E-state index contributed by atoms with van der Waals surface area (Å²) >= 11 is 0. The molecular weight excluding hydrogens is 412 g/mol. The summed E-state index contributed by atoms with van der Waals surface area (Å²) in [6, 6.07) is 18.7. The van der Waals surface area contributed by atoms with Crippen molar-refractivity contribution in [2.45, 2.75) is 57.7 Å². The van der Waals surface area contributed by atoms with Crippen molar-refractivity contribution >= 4 is 16.9 Å². The van der Waals surface area contributed by atoms with E-state index in [1.807, 2.05) is 36.4 Å². The lowest BCUT2D eigenvalue weighted by Crippen LogP contribution is -2.44. The summed E-state index contributed by atoms with van der Waals surface area (Å²) in [5.74, 6) is 2.60. The molecule has 0 bridgehead atoms. The summed E-state index contributed by atoms with van der Waals surface area (Å²) in [7, 11) is 0. The number of carbonyl (C=O) groups excluding carboxylic acids is 1. The summed E-state index contributed by atoms with van der Waals surface area (Å²) in [4.78, 5) is 19.6. The number of aromatic nitrogens is 2. The highest BCUT2D eigenvalue weighted by Crippen LogP contribution is 2.25. The third-order valence-corrected chi connectivity index (χ3v) is 7.08. The highest BCUT2D eigenvalue weighted by molar-refractivity contribution is 5.78. The van der Waals surface area contributed by atoms with Crippen molar-refractivity contribution in [3.63, 3.8) is 0 Å². The number of nitrogens with one attached hydrogen (secondary N) is 1. The summed E-state index contributed by atoms with van der Waals surface area (Å²) in [5, 5.41) is 3.22. The second kappa shape index (κ2) is 10.4. The number of carbonyl (C=O) groups is 1. The van der Waals surface area contributed by atoms with Gasteiger partial charge in [0.2, 0.25) is 5.91 Å². The Balaban J connectivity index is 1.19. The molecule has 2 heterocycles. The normalized spacial score (nSPS) is 18.1. The molecule has 174 valence electrons. The maximum Gasteiger partial charge on any atom is 0.234 e. The van der Waals surface area contributed by atoms with Crippen LogP contribution in [-0.2, 0) is 17.9 Å². The van der Waals surface area contributed by atoms with Crippen LogP contribution in [-0.4, -0.2) is 46.0 Å². The van der Waals surface area contributed by atoms with Crippen LogP contribution in [0.4, 0.5) is 0 Å². The van der Waals surface area contributed by atoms with Gasteiger partial charge < -0.3 is 14.6 Å². The lowest BCUT2D eigenvalue weighted by atomic mass is 9.96. The van der Waals surface area contributed by atoms with E-state index >= 15 is 0 Å². The Morgan fingerprint density at radius 3 is 2.48 bits per heavy atom. The topological polar surface area (TPSA) is 59.4 Å². The minimum absolute atomic E-state index is 0.196. The number of para-hydroxylation sites is 3. The monoisotopic (exact) mass is 446 g/mol. The summed E-state index contributed by atoms with van der Waals surface area (Å²) < 4.78 is 8.37. The molecule has 5 rings (SSSR count). The van der Waals surface area contributed by atoms with Crippen LogP contribution in [0.25, 0.3) is 11.0 Å². The van der Waals surface area contributed by atoms with E-state index in [1.165, 1.54) is 18.4 Å². The number of likely N-dealkylation sites (tertiary alicyclic amines) is 1. The molecule has 1 N–H and O–H groups in total. The zero-order valence-electron chi connectivity index (χ0n) is 19.3. The number of ether oxygens (including phenoxy) is 1. The van der Waals surface area contributed by atoms with Gasteiger partial charge in [-0.3, -0.25) is 9.69 Å². The van der Waals surface area contributed by atoms with E-state index in [9.17, 15) is 4.79 Å². The first-order valence-corrected chi connectivity index (χ1v) is 12.4. The van der Waals surface area contributed by atoms with E-state index in [0.717, 1.165) is 62.4 Å². The Hall–Kier alpha value is -2.86. The van der Waals surface area contributed by atoms with Crippen LogP contribution in [0.5, 0.6) is 5.75 Å². The van der Waals surface area contributed by atoms with Gasteiger partial charge in [0.15, 0.2) is 0 Å². The number of rotatable bonds is 8. The molecule has 1 aliphatic heterocycles. The second-order valence-corrected chi connectivity index (χ2v) is 9.50. The molecular formula is C27H34N4O2. The molecule has 1 saturated carbocycles. The molecule has 1 aliphatic carbocycles. The predicted octanol–water partition coefficient (Wildman–Crippen LogP) is 4.39. The van der Waals surface area contributed by atoms with Crippen molar-refractivity contribution < 1.29 is 9.53 Å². The quantitative estimate of drug-likeness (QED) is 0.558. The number of benzene rings is 2. The highest BCUT2D eigenvalue weighted by Gasteiger charge is 2.24. The smallest absolute Gasteiger partial charge is 0.234 e. The Bertz CT molecular complexity index is 1050. The van der Waals surface area contributed by atoms with Crippen LogP contribution < -0.4 is 10.1 Å². The lowest BCUT2D eigenvalue weighted by molar-refractivity contribution is -0.123. The number of hydrogen-bond acceptors (Lipinski definition) is 4. The van der Waals surface area contributed by atoms with Gasteiger partial charge in [0.25, 0.3) is 0 Å². The first-order valence-electron chi connectivity index (χ1n) is 12.4. The molecule has 0 atom stereocenters. The van der Waals surface area contributed by atoms with Crippen molar-refractivity contribution in [1.82, 2.24) is 19.8 Å². The van der Waals surface area contributed by atoms with Crippen LogP contribution >= 0.6 is 0 Å². The van der Waals surface area contributed by atoms with Crippen molar-refractivity contribution in [2.24, 2.45) is 5.92 Å². The number of imidazole rings is 1. The van der Waals surface area contributed by atoms with Gasteiger partial charge >= 0.3 is 0 Å². The summed E-state index contributed by atoms with van der Waals surface area (Å²) in [6.45, 7) is 3.89. The van der Waals surface area contributed by atoms with Gasteiger partial charge in [0.1, 0.15) is 18.2 Å². The average Bonchev–Trinajstić information content (AvgIpc) is 3.47. The SMILES string of the molecule is O=C(CN1CCC(Cn2c(COc3ccccc3)nc3ccccc32)CC1)NC1CCCC1. The van der Waals surface area contributed by atoms with Gasteiger partial charge in [-0.2, -0.15) is 0 Å². The van der Waals surface area contributed by atoms with Crippen LogP contribution in [0.1, 0.15) is 44.3 Å². The number of nitrogens with zero attached hydrogens (tertiary/aromatic N) is 3. The molecule has 6 nitrogen and oxygen atoms in total. The highest BCUT2D eigenvalue weighted by atomic mass is 16.5. The fourth-order valence-corrected chi connectivity index (χ4v) is 5.24. The zero-order chi connectivity index (χ0) is 22.5. The van der Waals surface area contributed by atoms with Gasteiger partial charge in [-0.25, -0.2) is 4.98 Å². The Labute approximate surface area is 195 Å². The lowest BCUT2D eigenvalue weighted by Gasteiger charge is -2.32. The molecule has 6 heteroatoms. The standard InChI is InChI=1S/C27H34N4O2/c32-27(28-22-8-4-5-9-22)19-30-16-14-21(15-17-30)18-31-25-13-7-6-12-24(25)29-26(31)20-33-23-10-2-1-3-11-23/h1-3,6-7,10-13,21-22H,4-5,8-9,14-20H2,(H,28,32). The minimum atomic E-state index is 0.196. The van der Waals surface area contributed by atoms with Crippen LogP contribution in [0.15, 0.2) is 54.6 Å². The maximum atomic E-state index is 12.4. The fraction of sp³-hybridized carbons (Fsp3) is 0.481. The third-order valence-electron chi connectivity index (χ3n) is 7.08. The molecule has 1 amide bonds. The predicted molar refractivity (Wildman–Crippen MR) is 130 cm³/mol. The van der Waals surface area contributed by atoms with E-state index in [0.29, 0.717) is 25.1 Å². The number of amides is 1. The molecule has 2 fully saturated rings. The molecule has 33 heavy (non-hydrogen) atoms. The Morgan fingerprint density at radius 2 is 1.70 bits per heavy atom. The maximum absolute atomic E-state index is 12.4. The zero-order valence-corrected chi connectivity index (χ0v) is 19.3. The first kappa shape index (κ1) is 22.0. The van der Waals surface area contributed by atoms with Crippen LogP contribution in [0.2, 0.25) is 0 Å². The molecule has 1 saturated heterocycles. The summed E-state index contributed by atoms with van der Waals surface area (Å²) in [6.07, 6.45) is 6.98. The second-order valence-electron chi connectivity index (χ2n) is 9.50. The van der Waals surface area contributed by atoms with E-state index in [1.54, 1.807) is 0 Å². The fourth-order valence-electron chi connectivity index (χ4n) is 5.24. The van der Waals surface area contributed by atoms with Crippen LogP contribution in [0.3, 0.4) is 0 Å². The van der Waals surface area contributed by atoms with Crippen molar-refractivity contribution in [2.75, 3.05) is 19.6 Å². The van der Waals surface area contributed by atoms with Crippen molar-refractivity contribution in [3.05, 3.63) is 60.4 Å². The van der Waals surface area contributed by atoms with Gasteiger partial charge in [-0.05, 0) is 69.0 Å². The van der Waals surface area contributed by atoms with E-state index in [2.05, 4.69) is 33.0 Å². The van der Waals surface area contributed by atoms with Gasteiger partial charge in [0, 0.05) is 12.6 Å². The van der Waals surface area contributed by atoms with E-state index in [-0.39, 0.29) is 5.91 Å². The van der Waals surface area contributed by atoms with E-state index < -0.39 is 0 Å². The number of hydrogen-bond donors (Lipinski definition) is 1. The van der Waals surface area contributed by atoms with E-state index in [4.69, 9.17) is 9.72 Å². The van der Waals surface area contributed by atoms with Crippen molar-refractivity contribution in [3.8, 4) is 5.75 Å². The molecule has 3 aromatic rings. The number of fused-ring (bicyclic) bond motifs is 1. The molecule has 0 spiro atoms. The Kier molecular flexibility index (Phi) is 6.91. The third kappa shape index (κ3) is 5.56. The van der Waals surface area contributed by atoms with Crippen molar-refractivity contribution in [1.29, 1.82) is 0 Å². The molecule has 0 radical (unpaired) electrons. The average molecular weight is 447 g/mol. The Morgan fingerprint density at radius 1 is 0.970 bits per heavy atom. The first-order chi connectivity index (χ1) is 16.2. The van der Waals surface area contributed by atoms with Crippen LogP contribution in [0, 0.1) is 5.92 Å².